The summed E-state index contributed by atoms with van der Waals surface area (Å²) in [5.74, 6) is 0. The summed E-state index contributed by atoms with van der Waals surface area (Å²) in [6, 6.07) is 4.21. The van der Waals surface area contributed by atoms with E-state index >= 15 is 0 Å². The molecule has 1 rings (SSSR count). The molecule has 0 spiro atoms. The Labute approximate surface area is 89.3 Å². The molecule has 0 aliphatic rings. The summed E-state index contributed by atoms with van der Waals surface area (Å²) in [7, 11) is 3.57. The van der Waals surface area contributed by atoms with Crippen molar-refractivity contribution < 1.29 is 0 Å². The summed E-state index contributed by atoms with van der Waals surface area (Å²) >= 11 is 0. The zero-order chi connectivity index (χ0) is 10.7. The van der Waals surface area contributed by atoms with Crippen LogP contribution in [0.4, 0.5) is 0 Å². The van der Waals surface area contributed by atoms with Gasteiger partial charge in [0.05, 0.1) is 16.4 Å². The van der Waals surface area contributed by atoms with E-state index < -0.39 is 0 Å². The van der Waals surface area contributed by atoms with Crippen molar-refractivity contribution in [3.05, 3.63) is 28.8 Å². The van der Waals surface area contributed by atoms with Crippen molar-refractivity contribution in [2.24, 2.45) is 5.73 Å². The molecular weight excluding hydrogens is 188 g/mol. The number of nitrogens with one attached hydrogen (secondary N) is 1. The van der Waals surface area contributed by atoms with Crippen LogP contribution in [0.2, 0.25) is 0 Å². The molecular formula is C11H17N2Si. The molecule has 1 aromatic carbocycles. The quantitative estimate of drug-likeness (QED) is 0.557. The number of rotatable bonds is 3. The van der Waals surface area contributed by atoms with E-state index in [1.807, 2.05) is 6.92 Å². The van der Waals surface area contributed by atoms with Crippen LogP contribution in [-0.2, 0) is 6.54 Å². The summed E-state index contributed by atoms with van der Waals surface area (Å²) < 4.78 is 0. The van der Waals surface area contributed by atoms with Crippen molar-refractivity contribution in [2.45, 2.75) is 33.5 Å². The van der Waals surface area contributed by atoms with E-state index in [9.17, 15) is 0 Å². The molecule has 1 aromatic rings. The van der Waals surface area contributed by atoms with Crippen molar-refractivity contribution in [3.63, 3.8) is 0 Å². The Hall–Kier alpha value is -0.643. The van der Waals surface area contributed by atoms with Crippen LogP contribution in [0, 0.1) is 13.8 Å². The Morgan fingerprint density at radius 3 is 2.57 bits per heavy atom. The lowest BCUT2D eigenvalue weighted by atomic mass is 10.0. The van der Waals surface area contributed by atoms with Gasteiger partial charge in [-0.05, 0) is 37.5 Å². The highest BCUT2D eigenvalue weighted by molar-refractivity contribution is 6.33. The fraction of sp³-hybridized carbons (Fsp3) is 0.455. The lowest BCUT2D eigenvalue weighted by molar-refractivity contribution is 0.565. The first-order valence-electron chi connectivity index (χ1n) is 4.82. The van der Waals surface area contributed by atoms with E-state index in [0.29, 0.717) is 0 Å². The normalized spacial score (nSPS) is 12.9. The molecule has 0 saturated heterocycles. The van der Waals surface area contributed by atoms with Crippen molar-refractivity contribution in [1.82, 2.24) is 5.32 Å². The van der Waals surface area contributed by atoms with Crippen molar-refractivity contribution in [2.75, 3.05) is 0 Å². The molecule has 0 saturated carbocycles. The molecule has 3 heteroatoms. The Bertz CT molecular complexity index is 321. The van der Waals surface area contributed by atoms with Crippen LogP contribution < -0.4 is 16.2 Å². The molecule has 1 unspecified atom stereocenters. The van der Waals surface area contributed by atoms with Gasteiger partial charge in [0.25, 0.3) is 0 Å². The smallest absolute Gasteiger partial charge is 0.0715 e. The number of hydrogen-bond donors (Lipinski definition) is 2. The molecule has 1 atom stereocenters. The molecule has 0 aliphatic carbocycles. The predicted molar refractivity (Wildman–Crippen MR) is 61.8 cm³/mol. The van der Waals surface area contributed by atoms with Gasteiger partial charge in [-0.3, -0.25) is 5.32 Å². The van der Waals surface area contributed by atoms with Crippen LogP contribution in [0.1, 0.15) is 23.6 Å². The number of benzene rings is 1. The van der Waals surface area contributed by atoms with Crippen molar-refractivity contribution in [3.8, 4) is 0 Å². The lowest BCUT2D eigenvalue weighted by Crippen LogP contribution is -2.33. The lowest BCUT2D eigenvalue weighted by Gasteiger charge is -2.13. The molecule has 0 heterocycles. The van der Waals surface area contributed by atoms with E-state index in [1.165, 1.54) is 16.7 Å². The zero-order valence-electron chi connectivity index (χ0n) is 9.02. The maximum Gasteiger partial charge on any atom is 0.0715 e. The fourth-order valence-corrected chi connectivity index (χ4v) is 1.61. The summed E-state index contributed by atoms with van der Waals surface area (Å²) in [6.07, 6.45) is 0.0397. The minimum atomic E-state index is 0.0397. The van der Waals surface area contributed by atoms with Gasteiger partial charge in [-0.1, -0.05) is 17.3 Å². The Morgan fingerprint density at radius 2 is 2.00 bits per heavy atom. The summed E-state index contributed by atoms with van der Waals surface area (Å²) in [4.78, 5) is 0. The maximum atomic E-state index is 5.64. The van der Waals surface area contributed by atoms with Gasteiger partial charge in [0.1, 0.15) is 0 Å². The highest BCUT2D eigenvalue weighted by atomic mass is 28.1. The van der Waals surface area contributed by atoms with Gasteiger partial charge in [0.2, 0.25) is 0 Å². The molecule has 0 bridgehead atoms. The minimum Gasteiger partial charge on any atom is -0.316 e. The molecule has 3 radical (unpaired) electrons. The second-order valence-electron chi connectivity index (χ2n) is 3.69. The van der Waals surface area contributed by atoms with E-state index in [2.05, 4.69) is 41.5 Å². The predicted octanol–water partition coefficient (Wildman–Crippen LogP) is 0.492. The minimum absolute atomic E-state index is 0.0397. The van der Waals surface area contributed by atoms with Crippen LogP contribution in [-0.4, -0.2) is 16.4 Å². The van der Waals surface area contributed by atoms with Gasteiger partial charge in [-0.15, -0.1) is 0 Å². The van der Waals surface area contributed by atoms with E-state index in [1.54, 1.807) is 0 Å². The fourth-order valence-electron chi connectivity index (χ4n) is 1.34. The van der Waals surface area contributed by atoms with Gasteiger partial charge < -0.3 is 5.73 Å². The van der Waals surface area contributed by atoms with Gasteiger partial charge in [0.15, 0.2) is 0 Å². The highest BCUT2D eigenvalue weighted by Crippen LogP contribution is 2.10. The van der Waals surface area contributed by atoms with Gasteiger partial charge in [-0.2, -0.15) is 0 Å². The number of nitrogens with two attached hydrogens (primary N) is 1. The van der Waals surface area contributed by atoms with Gasteiger partial charge in [-0.25, -0.2) is 0 Å². The Kier molecular flexibility index (Phi) is 3.86. The number of hydrogen-bond acceptors (Lipinski definition) is 2. The molecule has 3 N–H and O–H groups in total. The second kappa shape index (κ2) is 4.73. The van der Waals surface area contributed by atoms with E-state index in [-0.39, 0.29) is 6.17 Å². The van der Waals surface area contributed by atoms with Crippen molar-refractivity contribution >= 4 is 15.4 Å². The topological polar surface area (TPSA) is 38.0 Å². The largest absolute Gasteiger partial charge is 0.316 e. The van der Waals surface area contributed by atoms with Crippen LogP contribution in [0.25, 0.3) is 0 Å². The molecule has 75 valence electrons. The average Bonchev–Trinajstić information content (AvgIpc) is 2.13. The van der Waals surface area contributed by atoms with Gasteiger partial charge in [0, 0.05) is 6.54 Å². The first-order valence-corrected chi connectivity index (χ1v) is 5.32. The molecule has 0 aromatic heterocycles. The SMILES string of the molecule is Cc1c([Si])ccc(CNC(C)N)c1C. The summed E-state index contributed by atoms with van der Waals surface area (Å²) in [6.45, 7) is 7.03. The van der Waals surface area contributed by atoms with Crippen LogP contribution in [0.15, 0.2) is 12.1 Å². The highest BCUT2D eigenvalue weighted by Gasteiger charge is 2.03. The van der Waals surface area contributed by atoms with Crippen LogP contribution >= 0.6 is 0 Å². The van der Waals surface area contributed by atoms with Crippen molar-refractivity contribution in [1.29, 1.82) is 0 Å². The third-order valence-electron chi connectivity index (χ3n) is 2.51. The van der Waals surface area contributed by atoms with Crippen LogP contribution in [0.3, 0.4) is 0 Å². The average molecular weight is 205 g/mol. The molecule has 0 fully saturated rings. The monoisotopic (exact) mass is 205 g/mol. The van der Waals surface area contributed by atoms with E-state index in [4.69, 9.17) is 5.73 Å². The third kappa shape index (κ3) is 2.67. The third-order valence-corrected chi connectivity index (χ3v) is 3.06. The molecule has 14 heavy (non-hydrogen) atoms. The first kappa shape index (κ1) is 11.4. The first-order chi connectivity index (χ1) is 6.52. The maximum absolute atomic E-state index is 5.64. The van der Waals surface area contributed by atoms with E-state index in [0.717, 1.165) is 11.7 Å². The summed E-state index contributed by atoms with van der Waals surface area (Å²) in [5.41, 5.74) is 9.57. The second-order valence-corrected chi connectivity index (χ2v) is 4.23. The van der Waals surface area contributed by atoms with Crippen LogP contribution in [0.5, 0.6) is 0 Å². The Balaban J connectivity index is 2.83. The Morgan fingerprint density at radius 1 is 1.36 bits per heavy atom. The molecule has 2 nitrogen and oxygen atoms in total. The zero-order valence-corrected chi connectivity index (χ0v) is 10.0. The van der Waals surface area contributed by atoms with Gasteiger partial charge >= 0.3 is 0 Å². The summed E-state index contributed by atoms with van der Waals surface area (Å²) in [5, 5.41) is 4.37. The molecule has 0 aliphatic heterocycles. The molecule has 0 amide bonds. The standard InChI is InChI=1S/C11H17N2Si/c1-7-8(2)11(14)5-4-10(7)6-13-9(3)12/h4-5,9,13H,6,12H2,1-3H3.